The van der Waals surface area contributed by atoms with Crippen molar-refractivity contribution in [2.45, 2.75) is 20.3 Å². The molecule has 0 aliphatic rings. The van der Waals surface area contributed by atoms with Gasteiger partial charge in [-0.25, -0.2) is 0 Å². The lowest BCUT2D eigenvalue weighted by molar-refractivity contribution is -0.572. The quantitative estimate of drug-likeness (QED) is 0.674. The molecule has 4 heteroatoms. The van der Waals surface area contributed by atoms with E-state index in [2.05, 4.69) is 23.8 Å². The summed E-state index contributed by atoms with van der Waals surface area (Å²) in [7, 11) is 0. The van der Waals surface area contributed by atoms with Gasteiger partial charge in [0.1, 0.15) is 0 Å². The summed E-state index contributed by atoms with van der Waals surface area (Å²) in [6.45, 7) is 7.18. The molecule has 0 aliphatic carbocycles. The van der Waals surface area contributed by atoms with Crippen LogP contribution in [0.25, 0.3) is 0 Å². The van der Waals surface area contributed by atoms with E-state index in [-0.39, 0.29) is 0 Å². The molecule has 1 rings (SSSR count). The molecule has 0 N–H and O–H groups in total. The fourth-order valence-corrected chi connectivity index (χ4v) is 1.44. The zero-order valence-electron chi connectivity index (χ0n) is 9.39. The summed E-state index contributed by atoms with van der Waals surface area (Å²) in [5, 5.41) is 3.71. The van der Waals surface area contributed by atoms with Gasteiger partial charge in [-0.2, -0.15) is 0 Å². The van der Waals surface area contributed by atoms with Crippen molar-refractivity contribution in [3.05, 3.63) is 35.0 Å². The van der Waals surface area contributed by atoms with E-state index < -0.39 is 0 Å². The maximum Gasteiger partial charge on any atom is 0.273 e. The predicted molar refractivity (Wildman–Crippen MR) is 59.1 cm³/mol. The van der Waals surface area contributed by atoms with Crippen LogP contribution in [0.5, 0.6) is 0 Å². The first-order chi connectivity index (χ1) is 7.27. The lowest BCUT2D eigenvalue weighted by atomic mass is 10.3. The van der Waals surface area contributed by atoms with Crippen molar-refractivity contribution in [2.24, 2.45) is 0 Å². The minimum absolute atomic E-state index is 0.698. The largest absolute Gasteiger partial charge is 0.303 e. The van der Waals surface area contributed by atoms with Crippen molar-refractivity contribution in [1.82, 2.24) is 10.00 Å². The number of nitrogens with zero attached hydrogens (tertiary/aromatic N) is 3. The highest BCUT2D eigenvalue weighted by Gasteiger charge is 2.09. The molecule has 0 radical (unpaired) electrons. The van der Waals surface area contributed by atoms with E-state index in [1.807, 2.05) is 12.1 Å². The fraction of sp³-hybridized carbons (Fsp3) is 0.545. The molecule has 0 spiro atoms. The lowest BCUT2D eigenvalue weighted by Gasteiger charge is -2.15. The Morgan fingerprint density at radius 3 is 2.73 bits per heavy atom. The van der Waals surface area contributed by atoms with Gasteiger partial charge in [0.05, 0.1) is 17.5 Å². The molecule has 4 nitrogen and oxygen atoms in total. The van der Waals surface area contributed by atoms with Crippen LogP contribution in [0.2, 0.25) is 0 Å². The van der Waals surface area contributed by atoms with Gasteiger partial charge >= 0.3 is 0 Å². The second kappa shape index (κ2) is 6.24. The molecule has 0 aliphatic heterocycles. The number of aromatic nitrogens is 2. The number of likely N-dealkylation sites (N-methyl/N-ethyl adjacent to an activating group) is 1. The smallest absolute Gasteiger partial charge is 0.273 e. The van der Waals surface area contributed by atoms with Crippen LogP contribution in [0.1, 0.15) is 19.5 Å². The monoisotopic (exact) mass is 208 g/mol. The van der Waals surface area contributed by atoms with Crippen molar-refractivity contribution in [1.29, 1.82) is 0 Å². The van der Waals surface area contributed by atoms with E-state index in [1.54, 1.807) is 6.07 Å². The molecule has 15 heavy (non-hydrogen) atoms. The molecule has 0 atom stereocenters. The van der Waals surface area contributed by atoms with Crippen LogP contribution >= 0.6 is 0 Å². The second-order valence-corrected chi connectivity index (χ2v) is 3.36. The summed E-state index contributed by atoms with van der Waals surface area (Å²) >= 11 is 0. The summed E-state index contributed by atoms with van der Waals surface area (Å²) in [5.74, 6) is 0. The van der Waals surface area contributed by atoms with Crippen molar-refractivity contribution < 1.29 is 4.54 Å². The number of hydrogen-bond donors (Lipinski definition) is 0. The first-order valence-electron chi connectivity index (χ1n) is 5.37. The summed E-state index contributed by atoms with van der Waals surface area (Å²) in [6, 6.07) is 5.43. The highest BCUT2D eigenvalue weighted by Crippen LogP contribution is 1.93. The van der Waals surface area contributed by atoms with E-state index >= 15 is 0 Å². The highest BCUT2D eigenvalue weighted by atomic mass is 16.3. The van der Waals surface area contributed by atoms with Gasteiger partial charge < -0.3 is 4.90 Å². The molecule has 82 valence electrons. The average Bonchev–Trinajstić information content (AvgIpc) is 2.45. The Morgan fingerprint density at radius 1 is 1.33 bits per heavy atom. The van der Waals surface area contributed by atoms with E-state index in [9.17, 15) is 4.91 Å². The normalized spacial score (nSPS) is 10.6. The molecular weight excluding hydrogens is 190 g/mol. The maximum atomic E-state index is 11.4. The Labute approximate surface area is 90.2 Å². The van der Waals surface area contributed by atoms with Gasteiger partial charge in [0.2, 0.25) is 0 Å². The zero-order valence-corrected chi connectivity index (χ0v) is 9.39. The van der Waals surface area contributed by atoms with Crippen molar-refractivity contribution in [2.75, 3.05) is 19.6 Å². The minimum Gasteiger partial charge on any atom is -0.303 e. The van der Waals surface area contributed by atoms with Crippen LogP contribution in [0.3, 0.4) is 0 Å². The molecule has 1 aromatic rings. The Hall–Kier alpha value is -1.29. The zero-order chi connectivity index (χ0) is 11.1. The van der Waals surface area contributed by atoms with Gasteiger partial charge in [-0.1, -0.05) is 19.9 Å². The Bertz CT molecular complexity index is 350. The average molecular weight is 208 g/mol. The van der Waals surface area contributed by atoms with Gasteiger partial charge in [0.25, 0.3) is 5.69 Å². The minimum atomic E-state index is 0.698. The molecule has 0 saturated carbocycles. The van der Waals surface area contributed by atoms with Crippen LogP contribution < -0.4 is 4.54 Å². The van der Waals surface area contributed by atoms with Crippen LogP contribution in [-0.2, 0) is 6.42 Å². The van der Waals surface area contributed by atoms with E-state index in [0.29, 0.717) is 10.2 Å². The Morgan fingerprint density at radius 2 is 2.07 bits per heavy atom. The maximum absolute atomic E-state index is 11.4. The Kier molecular flexibility index (Phi) is 4.90. The fourth-order valence-electron chi connectivity index (χ4n) is 1.44. The van der Waals surface area contributed by atoms with E-state index in [1.165, 1.54) is 6.20 Å². The topological polar surface area (TPSA) is 39.1 Å². The Balaban J connectivity index is 2.66. The first-order valence-corrected chi connectivity index (χ1v) is 5.37. The molecule has 0 fully saturated rings. The second-order valence-electron chi connectivity index (χ2n) is 3.36. The first kappa shape index (κ1) is 11.8. The van der Waals surface area contributed by atoms with Crippen molar-refractivity contribution >= 4 is 0 Å². The van der Waals surface area contributed by atoms with Gasteiger partial charge in [0, 0.05) is 17.7 Å². The number of rotatable bonds is 5. The van der Waals surface area contributed by atoms with Crippen LogP contribution in [-0.4, -0.2) is 29.6 Å². The molecular formula is C11H18N3O+. The third-order valence-electron chi connectivity index (χ3n) is 2.48. The van der Waals surface area contributed by atoms with Crippen molar-refractivity contribution in [3.63, 3.8) is 0 Å². The third-order valence-corrected chi connectivity index (χ3v) is 2.48. The standard InChI is InChI=1S/C11H18N3O/c1-3-13(4-2)10-8-11-7-5-6-9-12-14(11)15/h5-7,9H,3-4,8,10H2,1-2H3/q+1. The van der Waals surface area contributed by atoms with Crippen LogP contribution in [0.15, 0.2) is 24.4 Å². The number of hydrogen-bond acceptors (Lipinski definition) is 3. The molecule has 0 saturated heterocycles. The van der Waals surface area contributed by atoms with Gasteiger partial charge in [-0.05, 0) is 19.2 Å². The summed E-state index contributed by atoms with van der Waals surface area (Å²) in [5.41, 5.74) is 0.715. The summed E-state index contributed by atoms with van der Waals surface area (Å²) in [6.07, 6.45) is 2.25. The van der Waals surface area contributed by atoms with E-state index in [4.69, 9.17) is 0 Å². The van der Waals surface area contributed by atoms with Crippen LogP contribution in [0, 0.1) is 4.91 Å². The highest BCUT2D eigenvalue weighted by molar-refractivity contribution is 4.95. The molecule has 0 amide bonds. The van der Waals surface area contributed by atoms with Gasteiger partial charge in [-0.15, -0.1) is 0 Å². The van der Waals surface area contributed by atoms with Gasteiger partial charge in [-0.3, -0.25) is 0 Å². The van der Waals surface area contributed by atoms with Crippen molar-refractivity contribution in [3.8, 4) is 0 Å². The molecule has 0 bridgehead atoms. The summed E-state index contributed by atoms with van der Waals surface area (Å²) < 4.78 is 0.698. The molecule has 1 heterocycles. The third kappa shape index (κ3) is 3.75. The lowest BCUT2D eigenvalue weighted by Crippen LogP contribution is -2.30. The molecule has 0 aromatic carbocycles. The van der Waals surface area contributed by atoms with Gasteiger partial charge in [0.15, 0.2) is 4.54 Å². The summed E-state index contributed by atoms with van der Waals surface area (Å²) in [4.78, 5) is 13.7. The van der Waals surface area contributed by atoms with E-state index in [0.717, 1.165) is 26.1 Å². The SMILES string of the molecule is CCN(CC)CCc1ccccn[n+]1=O. The predicted octanol–water partition coefficient (Wildman–Crippen LogP) is 0.880. The van der Waals surface area contributed by atoms with Crippen LogP contribution in [0.4, 0.5) is 0 Å². The molecule has 0 unspecified atom stereocenters. The molecule has 1 aromatic heterocycles.